The van der Waals surface area contributed by atoms with Crippen molar-refractivity contribution in [2.24, 2.45) is 35.0 Å². The zero-order valence-electron chi connectivity index (χ0n) is 14.9. The highest BCUT2D eigenvalue weighted by molar-refractivity contribution is 6.18. The molecule has 0 amide bonds. The lowest BCUT2D eigenvalue weighted by atomic mass is 9.43. The first-order valence-corrected chi connectivity index (χ1v) is 9.61. The molecule has 0 spiro atoms. The number of carbonyl (C=O) groups excluding carboxylic acids is 1. The van der Waals surface area contributed by atoms with Crippen molar-refractivity contribution in [3.05, 3.63) is 11.6 Å². The Morgan fingerprint density at radius 2 is 2.09 bits per heavy atom. The fraction of sp³-hybridized carbons (Fsp3) is 0.762. The van der Waals surface area contributed by atoms with Gasteiger partial charge in [0.25, 0.3) is 0 Å². The molecule has 0 aromatic rings. The summed E-state index contributed by atoms with van der Waals surface area (Å²) in [6.45, 7) is 4.92. The molecule has 0 aromatic heterocycles. The number of allylic oxidation sites excluding steroid dienone is 1. The highest BCUT2D eigenvalue weighted by Gasteiger charge is 2.61. The Kier molecular flexibility index (Phi) is 3.39. The van der Waals surface area contributed by atoms with Crippen molar-refractivity contribution in [2.45, 2.75) is 64.1 Å². The van der Waals surface area contributed by atoms with Crippen LogP contribution in [0.2, 0.25) is 5.31 Å². The molecule has 1 nitrogen and oxygen atoms in total. The van der Waals surface area contributed by atoms with Crippen LogP contribution in [0, 0.1) is 47.3 Å². The molecule has 2 heteroatoms. The highest BCUT2D eigenvalue weighted by Crippen LogP contribution is 2.70. The van der Waals surface area contributed by atoms with Crippen LogP contribution >= 0.6 is 0 Å². The zero-order chi connectivity index (χ0) is 16.4. The van der Waals surface area contributed by atoms with E-state index in [1.54, 1.807) is 0 Å². The van der Waals surface area contributed by atoms with Crippen LogP contribution in [0.3, 0.4) is 0 Å². The van der Waals surface area contributed by atoms with E-state index in [-0.39, 0.29) is 5.31 Å². The second-order valence-electron chi connectivity index (χ2n) is 9.33. The third kappa shape index (κ3) is 1.98. The smallest absolute Gasteiger partial charge is 0.155 e. The Balaban J connectivity index is 1.70. The van der Waals surface area contributed by atoms with Gasteiger partial charge in [0.1, 0.15) is 7.85 Å². The van der Waals surface area contributed by atoms with E-state index in [4.69, 9.17) is 6.42 Å². The molecule has 4 unspecified atom stereocenters. The summed E-state index contributed by atoms with van der Waals surface area (Å²) in [5, 5.41) is 0.0843. The van der Waals surface area contributed by atoms with Gasteiger partial charge in [-0.3, -0.25) is 4.79 Å². The maximum absolute atomic E-state index is 11.8. The lowest BCUT2D eigenvalue weighted by molar-refractivity contribution is -0.116. The summed E-state index contributed by atoms with van der Waals surface area (Å²) in [5.74, 6) is 7.37. The molecule has 0 heterocycles. The Morgan fingerprint density at radius 3 is 2.83 bits per heavy atom. The van der Waals surface area contributed by atoms with Crippen LogP contribution < -0.4 is 0 Å². The SMILES string of the molecule is B[C@]1(C#C)CCC2C3C(CC[C@@]21C)C1CCC(=O)C=C1C[C@H]3C. The van der Waals surface area contributed by atoms with Crippen LogP contribution in [0.25, 0.3) is 0 Å². The predicted octanol–water partition coefficient (Wildman–Crippen LogP) is 3.80. The van der Waals surface area contributed by atoms with Crippen molar-refractivity contribution in [1.29, 1.82) is 0 Å². The number of fused-ring (bicyclic) bond motifs is 5. The summed E-state index contributed by atoms with van der Waals surface area (Å²) in [6, 6.07) is 0. The highest BCUT2D eigenvalue weighted by atomic mass is 16.1. The Labute approximate surface area is 142 Å². The fourth-order valence-corrected chi connectivity index (χ4v) is 7.09. The van der Waals surface area contributed by atoms with E-state index in [0.29, 0.717) is 23.0 Å². The summed E-state index contributed by atoms with van der Waals surface area (Å²) in [7, 11) is 2.34. The number of rotatable bonds is 0. The monoisotopic (exact) mass is 308 g/mol. The molecule has 0 aliphatic heterocycles. The zero-order valence-corrected chi connectivity index (χ0v) is 14.9. The van der Waals surface area contributed by atoms with Gasteiger partial charge in [0.15, 0.2) is 5.78 Å². The molecule has 4 aliphatic carbocycles. The first kappa shape index (κ1) is 15.6. The molecule has 0 aromatic carbocycles. The molecular formula is C21H29BO. The standard InChI is InChI=1S/C21H29BO/c1-4-21(22)10-8-18-19-13(2)11-14-12-15(23)5-6-16(14)17(19)7-9-20(18,21)3/h1,12-13,16-19H,5-11,22H2,2-3H3/t13-,16?,17?,18?,19?,20+,21-/m1/s1. The van der Waals surface area contributed by atoms with Gasteiger partial charge in [0.2, 0.25) is 0 Å². The molecular weight excluding hydrogens is 279 g/mol. The van der Waals surface area contributed by atoms with Gasteiger partial charge < -0.3 is 0 Å². The van der Waals surface area contributed by atoms with Gasteiger partial charge in [0.05, 0.1) is 0 Å². The number of ketones is 1. The quantitative estimate of drug-likeness (QED) is 0.491. The minimum Gasteiger partial charge on any atom is -0.295 e. The molecule has 3 saturated carbocycles. The molecule has 0 radical (unpaired) electrons. The second-order valence-corrected chi connectivity index (χ2v) is 9.33. The summed E-state index contributed by atoms with van der Waals surface area (Å²) in [4.78, 5) is 11.8. The number of hydrogen-bond donors (Lipinski definition) is 0. The summed E-state index contributed by atoms with van der Waals surface area (Å²) >= 11 is 0. The van der Waals surface area contributed by atoms with E-state index in [9.17, 15) is 4.79 Å². The number of terminal acetylenes is 1. The fourth-order valence-electron chi connectivity index (χ4n) is 7.09. The van der Waals surface area contributed by atoms with Gasteiger partial charge in [-0.1, -0.05) is 19.4 Å². The Hall–Kier alpha value is -0.965. The van der Waals surface area contributed by atoms with Crippen molar-refractivity contribution in [2.75, 3.05) is 0 Å². The van der Waals surface area contributed by atoms with Crippen molar-refractivity contribution < 1.29 is 4.79 Å². The van der Waals surface area contributed by atoms with E-state index in [0.717, 1.165) is 37.0 Å². The van der Waals surface area contributed by atoms with Crippen molar-refractivity contribution in [3.63, 3.8) is 0 Å². The van der Waals surface area contributed by atoms with Gasteiger partial charge in [-0.15, -0.1) is 12.3 Å². The Bertz CT molecular complexity index is 614. The van der Waals surface area contributed by atoms with Gasteiger partial charge in [-0.05, 0) is 79.6 Å². The van der Waals surface area contributed by atoms with Crippen LogP contribution in [0.15, 0.2) is 11.6 Å². The lowest BCUT2D eigenvalue weighted by Crippen LogP contribution is -2.50. The van der Waals surface area contributed by atoms with Crippen LogP contribution in [0.4, 0.5) is 0 Å². The minimum atomic E-state index is 0.0843. The second kappa shape index (κ2) is 5.01. The third-order valence-electron chi connectivity index (χ3n) is 8.56. The van der Waals surface area contributed by atoms with E-state index < -0.39 is 0 Å². The minimum absolute atomic E-state index is 0.0843. The molecule has 0 saturated heterocycles. The molecule has 4 rings (SSSR count). The van der Waals surface area contributed by atoms with E-state index >= 15 is 0 Å². The van der Waals surface area contributed by atoms with E-state index in [1.165, 1.54) is 31.3 Å². The molecule has 4 aliphatic rings. The normalized spacial score (nSPS) is 52.0. The van der Waals surface area contributed by atoms with E-state index in [1.807, 2.05) is 6.08 Å². The number of carbonyl (C=O) groups is 1. The Morgan fingerprint density at radius 1 is 1.30 bits per heavy atom. The van der Waals surface area contributed by atoms with Gasteiger partial charge in [0, 0.05) is 11.7 Å². The largest absolute Gasteiger partial charge is 0.295 e. The maximum Gasteiger partial charge on any atom is 0.155 e. The van der Waals surface area contributed by atoms with E-state index in [2.05, 4.69) is 27.6 Å². The van der Waals surface area contributed by atoms with Gasteiger partial charge in [-0.2, -0.15) is 0 Å². The van der Waals surface area contributed by atoms with Gasteiger partial charge in [-0.25, -0.2) is 0 Å². The average molecular weight is 308 g/mol. The summed E-state index contributed by atoms with van der Waals surface area (Å²) < 4.78 is 0. The third-order valence-corrected chi connectivity index (χ3v) is 8.56. The predicted molar refractivity (Wildman–Crippen MR) is 96.7 cm³/mol. The van der Waals surface area contributed by atoms with Crippen LogP contribution in [-0.2, 0) is 4.79 Å². The molecule has 0 bridgehead atoms. The van der Waals surface area contributed by atoms with Crippen LogP contribution in [0.1, 0.15) is 58.8 Å². The lowest BCUT2D eigenvalue weighted by Gasteiger charge is -2.57. The molecule has 0 N–H and O–H groups in total. The summed E-state index contributed by atoms with van der Waals surface area (Å²) in [5.41, 5.74) is 1.80. The van der Waals surface area contributed by atoms with Crippen molar-refractivity contribution in [1.82, 2.24) is 0 Å². The van der Waals surface area contributed by atoms with Crippen molar-refractivity contribution >= 4 is 13.6 Å². The number of hydrogen-bond acceptors (Lipinski definition) is 1. The van der Waals surface area contributed by atoms with Crippen molar-refractivity contribution in [3.8, 4) is 12.3 Å². The first-order chi connectivity index (χ1) is 10.9. The topological polar surface area (TPSA) is 17.1 Å². The molecule has 122 valence electrons. The maximum atomic E-state index is 11.8. The van der Waals surface area contributed by atoms with Gasteiger partial charge >= 0.3 is 0 Å². The molecule has 23 heavy (non-hydrogen) atoms. The summed E-state index contributed by atoms with van der Waals surface area (Å²) in [6.07, 6.45) is 16.1. The van der Waals surface area contributed by atoms with Crippen LogP contribution in [0.5, 0.6) is 0 Å². The first-order valence-electron chi connectivity index (χ1n) is 9.61. The molecule has 3 fully saturated rings. The average Bonchev–Trinajstić information content (AvgIpc) is 2.79. The molecule has 7 atom stereocenters. The van der Waals surface area contributed by atoms with Crippen LogP contribution in [-0.4, -0.2) is 13.6 Å².